The Kier molecular flexibility index (Phi) is 5.21. The van der Waals surface area contributed by atoms with Crippen LogP contribution < -0.4 is 0 Å². The second kappa shape index (κ2) is 5.35. The minimum absolute atomic E-state index is 0.660. The zero-order valence-electron chi connectivity index (χ0n) is 9.09. The Bertz CT molecular complexity index is 143. The summed E-state index contributed by atoms with van der Waals surface area (Å²) in [5.74, 6) is 0. The van der Waals surface area contributed by atoms with Gasteiger partial charge in [0.2, 0.25) is 0 Å². The van der Waals surface area contributed by atoms with Crippen molar-refractivity contribution in [1.82, 2.24) is 0 Å². The number of rotatable bonds is 4. The van der Waals surface area contributed by atoms with E-state index >= 15 is 0 Å². The zero-order chi connectivity index (χ0) is 9.72. The van der Waals surface area contributed by atoms with Crippen LogP contribution in [0.2, 0.25) is 11.1 Å². The second-order valence-corrected chi connectivity index (χ2v) is 7.90. The molecule has 0 radical (unpaired) electrons. The third-order valence-electron chi connectivity index (χ3n) is 1.67. The Morgan fingerprint density at radius 3 is 1.75 bits per heavy atom. The highest BCUT2D eigenvalue weighted by molar-refractivity contribution is 6.54. The smallest absolute Gasteiger partial charge is 0.277 e. The van der Waals surface area contributed by atoms with Crippen LogP contribution in [-0.4, -0.2) is 14.8 Å². The highest BCUT2D eigenvalue weighted by Crippen LogP contribution is 2.20. The number of hydrogen-bond donors (Lipinski definition) is 0. The summed E-state index contributed by atoms with van der Waals surface area (Å²) in [6.45, 7) is 12.8. The van der Waals surface area contributed by atoms with Crippen molar-refractivity contribution in [2.75, 3.05) is 0 Å². The van der Waals surface area contributed by atoms with E-state index in [0.29, 0.717) is 11.1 Å². The van der Waals surface area contributed by atoms with Crippen molar-refractivity contribution in [1.29, 1.82) is 0 Å². The van der Waals surface area contributed by atoms with Crippen LogP contribution in [0.5, 0.6) is 0 Å². The number of oxime groups is 1. The molecular formula is C9H21NOSi. The lowest BCUT2D eigenvalue weighted by molar-refractivity contribution is 0.329. The molecule has 0 aromatic heterocycles. The molecule has 0 N–H and O–H groups in total. The summed E-state index contributed by atoms with van der Waals surface area (Å²) >= 11 is 0. The predicted octanol–water partition coefficient (Wildman–Crippen LogP) is 2.94. The highest BCUT2D eigenvalue weighted by atomic mass is 28.3. The van der Waals surface area contributed by atoms with Crippen LogP contribution >= 0.6 is 0 Å². The fourth-order valence-electron chi connectivity index (χ4n) is 1.18. The lowest BCUT2D eigenvalue weighted by atomic mass is 10.5. The van der Waals surface area contributed by atoms with Crippen LogP contribution in [0.1, 0.15) is 41.5 Å². The molecule has 3 heteroatoms. The largest absolute Gasteiger partial charge is 0.458 e. The third-order valence-corrected chi connectivity index (χ3v) is 4.65. The summed E-state index contributed by atoms with van der Waals surface area (Å²) in [5.41, 5.74) is 2.33. The normalized spacial score (nSPS) is 11.1. The minimum atomic E-state index is -1.12. The molecule has 2 nitrogen and oxygen atoms in total. The van der Waals surface area contributed by atoms with Gasteiger partial charge in [0, 0.05) is 5.71 Å². The minimum Gasteiger partial charge on any atom is -0.458 e. The molecule has 0 atom stereocenters. The summed E-state index contributed by atoms with van der Waals surface area (Å²) < 4.78 is 5.55. The third kappa shape index (κ3) is 4.54. The van der Waals surface area contributed by atoms with Gasteiger partial charge < -0.3 is 4.53 Å². The molecule has 0 spiro atoms. The summed E-state index contributed by atoms with van der Waals surface area (Å²) in [6.07, 6.45) is 0. The van der Waals surface area contributed by atoms with Crippen LogP contribution in [0.25, 0.3) is 0 Å². The molecule has 0 saturated heterocycles. The van der Waals surface area contributed by atoms with Crippen molar-refractivity contribution in [3.05, 3.63) is 0 Å². The highest BCUT2D eigenvalue weighted by Gasteiger charge is 2.22. The van der Waals surface area contributed by atoms with Crippen LogP contribution in [0, 0.1) is 0 Å². The van der Waals surface area contributed by atoms with Crippen molar-refractivity contribution >= 4 is 14.8 Å². The van der Waals surface area contributed by atoms with Crippen molar-refractivity contribution in [2.45, 2.75) is 52.6 Å². The van der Waals surface area contributed by atoms with E-state index in [9.17, 15) is 0 Å². The van der Waals surface area contributed by atoms with Gasteiger partial charge in [-0.1, -0.05) is 27.7 Å². The molecule has 0 rings (SSSR count). The molecule has 0 heterocycles. The predicted molar refractivity (Wildman–Crippen MR) is 57.2 cm³/mol. The van der Waals surface area contributed by atoms with Crippen LogP contribution in [0.15, 0.2) is 5.16 Å². The first-order chi connectivity index (χ1) is 5.45. The molecule has 0 saturated carbocycles. The molecule has 0 aliphatic heterocycles. The van der Waals surface area contributed by atoms with Gasteiger partial charge in [0.05, 0.1) is 0 Å². The van der Waals surface area contributed by atoms with Crippen molar-refractivity contribution in [3.63, 3.8) is 0 Å². The van der Waals surface area contributed by atoms with Gasteiger partial charge in [-0.25, -0.2) is 0 Å². The van der Waals surface area contributed by atoms with Crippen molar-refractivity contribution < 1.29 is 4.53 Å². The Balaban J connectivity index is 4.06. The molecule has 12 heavy (non-hydrogen) atoms. The maximum absolute atomic E-state index is 5.55. The first-order valence-corrected chi connectivity index (χ1v) is 6.42. The topological polar surface area (TPSA) is 21.6 Å². The van der Waals surface area contributed by atoms with Gasteiger partial charge in [-0.05, 0) is 24.9 Å². The Hall–Kier alpha value is -0.313. The summed E-state index contributed by atoms with van der Waals surface area (Å²) in [6, 6.07) is 0. The lowest BCUT2D eigenvalue weighted by Crippen LogP contribution is -2.23. The van der Waals surface area contributed by atoms with E-state index in [1.807, 2.05) is 13.8 Å². The molecule has 0 aromatic carbocycles. The maximum atomic E-state index is 5.55. The Morgan fingerprint density at radius 1 is 1.08 bits per heavy atom. The van der Waals surface area contributed by atoms with Crippen molar-refractivity contribution in [2.24, 2.45) is 5.16 Å². The summed E-state index contributed by atoms with van der Waals surface area (Å²) in [7, 11) is -1.12. The van der Waals surface area contributed by atoms with E-state index in [1.54, 1.807) is 0 Å². The number of hydrogen-bond acceptors (Lipinski definition) is 2. The summed E-state index contributed by atoms with van der Waals surface area (Å²) in [5, 5.41) is 4.05. The molecule has 0 aliphatic rings. The molecule has 0 fully saturated rings. The number of nitrogens with zero attached hydrogens (tertiary/aromatic N) is 1. The average molecular weight is 187 g/mol. The standard InChI is InChI=1S/C9H21NOSi/c1-7(2)10-11-12(8(3)4)9(5)6/h8-9,12H,1-6H3. The molecule has 0 aromatic rings. The molecule has 72 valence electrons. The van der Waals surface area contributed by atoms with Crippen LogP contribution in [0.4, 0.5) is 0 Å². The van der Waals surface area contributed by atoms with E-state index in [4.69, 9.17) is 4.53 Å². The second-order valence-electron chi connectivity index (χ2n) is 4.10. The molecule has 0 unspecified atom stereocenters. The first kappa shape index (κ1) is 11.7. The molecule has 0 aliphatic carbocycles. The van der Waals surface area contributed by atoms with Gasteiger partial charge in [0.1, 0.15) is 0 Å². The molecular weight excluding hydrogens is 166 g/mol. The lowest BCUT2D eigenvalue weighted by Gasteiger charge is -2.20. The van der Waals surface area contributed by atoms with E-state index < -0.39 is 9.04 Å². The van der Waals surface area contributed by atoms with Gasteiger partial charge in [-0.15, -0.1) is 5.16 Å². The van der Waals surface area contributed by atoms with Gasteiger partial charge in [-0.3, -0.25) is 0 Å². The zero-order valence-corrected chi connectivity index (χ0v) is 10.2. The first-order valence-electron chi connectivity index (χ1n) is 4.62. The van der Waals surface area contributed by atoms with Gasteiger partial charge in [0.25, 0.3) is 9.04 Å². The van der Waals surface area contributed by atoms with E-state index in [-0.39, 0.29) is 0 Å². The van der Waals surface area contributed by atoms with Gasteiger partial charge >= 0.3 is 0 Å². The van der Waals surface area contributed by atoms with Crippen molar-refractivity contribution in [3.8, 4) is 0 Å². The van der Waals surface area contributed by atoms with Gasteiger partial charge in [-0.2, -0.15) is 0 Å². The summed E-state index contributed by atoms with van der Waals surface area (Å²) in [4.78, 5) is 0. The van der Waals surface area contributed by atoms with E-state index in [1.165, 1.54) is 0 Å². The molecule has 0 amide bonds. The van der Waals surface area contributed by atoms with Gasteiger partial charge in [0.15, 0.2) is 0 Å². The Morgan fingerprint density at radius 2 is 1.50 bits per heavy atom. The van der Waals surface area contributed by atoms with E-state index in [2.05, 4.69) is 32.9 Å². The fourth-order valence-corrected chi connectivity index (χ4v) is 3.54. The SMILES string of the molecule is CC(C)=NO[SiH](C(C)C)C(C)C. The van der Waals surface area contributed by atoms with E-state index in [0.717, 1.165) is 5.71 Å². The van der Waals surface area contributed by atoms with Crippen LogP contribution in [-0.2, 0) is 4.53 Å². The maximum Gasteiger partial charge on any atom is 0.277 e. The quantitative estimate of drug-likeness (QED) is 0.377. The monoisotopic (exact) mass is 187 g/mol. The Labute approximate surface area is 77.7 Å². The molecule has 0 bridgehead atoms. The average Bonchev–Trinajstić information content (AvgIpc) is 1.84. The fraction of sp³-hybridized carbons (Fsp3) is 0.889. The van der Waals surface area contributed by atoms with Crippen LogP contribution in [0.3, 0.4) is 0 Å².